The number of carbonyl (C=O) groups excluding carboxylic acids is 2. The van der Waals surface area contributed by atoms with Gasteiger partial charge in [-0.2, -0.15) is 0 Å². The van der Waals surface area contributed by atoms with E-state index in [4.69, 9.17) is 0 Å². The summed E-state index contributed by atoms with van der Waals surface area (Å²) < 4.78 is 12.9. The zero-order chi connectivity index (χ0) is 16.2. The predicted molar refractivity (Wildman–Crippen MR) is 86.6 cm³/mol. The Kier molecular flexibility index (Phi) is 4.71. The van der Waals surface area contributed by atoms with Gasteiger partial charge in [-0.05, 0) is 29.1 Å². The lowest BCUT2D eigenvalue weighted by atomic mass is 10.1. The van der Waals surface area contributed by atoms with Crippen molar-refractivity contribution >= 4 is 23.2 Å². The predicted octanol–water partition coefficient (Wildman–Crippen LogP) is 2.67. The molecule has 23 heavy (non-hydrogen) atoms. The molecular formula is C17H17FN2O2S. The minimum Gasteiger partial charge on any atom is -0.351 e. The van der Waals surface area contributed by atoms with Crippen LogP contribution in [-0.4, -0.2) is 29.8 Å². The van der Waals surface area contributed by atoms with Crippen LogP contribution in [0.5, 0.6) is 0 Å². The number of nitrogens with one attached hydrogen (secondary N) is 1. The minimum atomic E-state index is -0.282. The van der Waals surface area contributed by atoms with E-state index in [9.17, 15) is 14.0 Å². The van der Waals surface area contributed by atoms with Gasteiger partial charge in [0.15, 0.2) is 0 Å². The third-order valence-corrected chi connectivity index (χ3v) is 4.75. The average molecular weight is 332 g/mol. The largest absolute Gasteiger partial charge is 0.351 e. The first-order valence-corrected chi connectivity index (χ1v) is 8.33. The molecule has 4 nitrogen and oxygen atoms in total. The maximum Gasteiger partial charge on any atom is 0.261 e. The van der Waals surface area contributed by atoms with Crippen LogP contribution in [0.15, 0.2) is 41.8 Å². The molecule has 1 N–H and O–H groups in total. The van der Waals surface area contributed by atoms with Crippen molar-refractivity contribution in [3.05, 3.63) is 58.0 Å². The van der Waals surface area contributed by atoms with Crippen molar-refractivity contribution in [2.75, 3.05) is 13.1 Å². The topological polar surface area (TPSA) is 49.4 Å². The van der Waals surface area contributed by atoms with Gasteiger partial charge < -0.3 is 10.2 Å². The van der Waals surface area contributed by atoms with Crippen molar-refractivity contribution in [1.29, 1.82) is 0 Å². The van der Waals surface area contributed by atoms with Crippen LogP contribution in [0.25, 0.3) is 0 Å². The lowest BCUT2D eigenvalue weighted by molar-refractivity contribution is -0.128. The van der Waals surface area contributed by atoms with Gasteiger partial charge in [0.05, 0.1) is 4.88 Å². The number of carbonyl (C=O) groups is 2. The summed E-state index contributed by atoms with van der Waals surface area (Å²) in [6, 6.07) is 9.79. The summed E-state index contributed by atoms with van der Waals surface area (Å²) >= 11 is 1.40. The number of benzene rings is 1. The molecule has 0 bridgehead atoms. The summed E-state index contributed by atoms with van der Waals surface area (Å²) in [5.74, 6) is -0.184. The molecule has 0 unspecified atom stereocenters. The number of nitrogens with zero attached hydrogens (tertiary/aromatic N) is 1. The molecule has 1 fully saturated rings. The molecule has 1 atom stereocenters. The van der Waals surface area contributed by atoms with Crippen LogP contribution in [0.2, 0.25) is 0 Å². The van der Waals surface area contributed by atoms with Gasteiger partial charge in [-0.1, -0.05) is 18.2 Å². The smallest absolute Gasteiger partial charge is 0.261 e. The van der Waals surface area contributed by atoms with Crippen molar-refractivity contribution in [3.8, 4) is 0 Å². The Morgan fingerprint density at radius 2 is 2.09 bits per heavy atom. The van der Waals surface area contributed by atoms with Gasteiger partial charge in [0.1, 0.15) is 5.82 Å². The monoisotopic (exact) mass is 332 g/mol. The number of rotatable bonds is 5. The summed E-state index contributed by atoms with van der Waals surface area (Å²) in [5.41, 5.74) is 0.906. The van der Waals surface area contributed by atoms with Gasteiger partial charge in [-0.25, -0.2) is 4.39 Å². The van der Waals surface area contributed by atoms with E-state index >= 15 is 0 Å². The molecule has 2 amide bonds. The fourth-order valence-corrected chi connectivity index (χ4v) is 3.33. The Morgan fingerprint density at radius 3 is 2.78 bits per heavy atom. The van der Waals surface area contributed by atoms with Crippen LogP contribution in [0.3, 0.4) is 0 Å². The molecule has 0 spiro atoms. The number of thiophene rings is 1. The van der Waals surface area contributed by atoms with Crippen LogP contribution in [-0.2, 0) is 11.3 Å². The van der Waals surface area contributed by atoms with E-state index in [2.05, 4.69) is 5.32 Å². The van der Waals surface area contributed by atoms with Crippen molar-refractivity contribution < 1.29 is 14.0 Å². The van der Waals surface area contributed by atoms with Crippen LogP contribution in [0.1, 0.15) is 21.7 Å². The standard InChI is InChI=1S/C17H17FN2O2S/c18-14-5-3-12(4-6-14)10-20-11-13(8-16(20)21)9-19-17(22)15-2-1-7-23-15/h1-7,13H,8-11H2,(H,19,22)/t13-/m1/s1. The summed E-state index contributed by atoms with van der Waals surface area (Å²) in [6.07, 6.45) is 0.436. The second kappa shape index (κ2) is 6.91. The lowest BCUT2D eigenvalue weighted by Crippen LogP contribution is -2.30. The van der Waals surface area contributed by atoms with E-state index in [1.807, 2.05) is 11.4 Å². The molecule has 0 radical (unpaired) electrons. The lowest BCUT2D eigenvalue weighted by Gasteiger charge is -2.17. The van der Waals surface area contributed by atoms with Gasteiger partial charge in [0, 0.05) is 32.0 Å². The maximum absolute atomic E-state index is 12.9. The first-order chi connectivity index (χ1) is 11.1. The van der Waals surface area contributed by atoms with Crippen molar-refractivity contribution in [1.82, 2.24) is 10.2 Å². The van der Waals surface area contributed by atoms with Crippen molar-refractivity contribution in [2.24, 2.45) is 5.92 Å². The van der Waals surface area contributed by atoms with E-state index in [0.29, 0.717) is 30.9 Å². The van der Waals surface area contributed by atoms with Gasteiger partial charge in [-0.15, -0.1) is 11.3 Å². The SMILES string of the molecule is O=C(NC[C@H]1CC(=O)N(Cc2ccc(F)cc2)C1)c1cccs1. The summed E-state index contributed by atoms with van der Waals surface area (Å²) in [5, 5.41) is 4.74. The van der Waals surface area contributed by atoms with E-state index in [1.165, 1.54) is 23.5 Å². The highest BCUT2D eigenvalue weighted by Gasteiger charge is 2.29. The van der Waals surface area contributed by atoms with E-state index in [-0.39, 0.29) is 23.5 Å². The van der Waals surface area contributed by atoms with E-state index < -0.39 is 0 Å². The zero-order valence-corrected chi connectivity index (χ0v) is 13.3. The zero-order valence-electron chi connectivity index (χ0n) is 12.5. The molecule has 1 saturated heterocycles. The number of hydrogen-bond donors (Lipinski definition) is 1. The fourth-order valence-electron chi connectivity index (χ4n) is 2.69. The van der Waals surface area contributed by atoms with Crippen LogP contribution >= 0.6 is 11.3 Å². The summed E-state index contributed by atoms with van der Waals surface area (Å²) in [6.45, 7) is 1.58. The quantitative estimate of drug-likeness (QED) is 0.915. The van der Waals surface area contributed by atoms with Gasteiger partial charge in [-0.3, -0.25) is 9.59 Å². The summed E-state index contributed by atoms with van der Waals surface area (Å²) in [7, 11) is 0. The van der Waals surface area contributed by atoms with Gasteiger partial charge in [0.25, 0.3) is 5.91 Å². The van der Waals surface area contributed by atoms with Crippen LogP contribution in [0.4, 0.5) is 4.39 Å². The average Bonchev–Trinajstić information content (AvgIpc) is 3.18. The van der Waals surface area contributed by atoms with E-state index in [1.54, 1.807) is 23.1 Å². The molecule has 0 aliphatic carbocycles. The molecule has 1 aliphatic rings. The third kappa shape index (κ3) is 3.96. The Bertz CT molecular complexity index is 685. The maximum atomic E-state index is 12.9. The Morgan fingerprint density at radius 1 is 1.30 bits per heavy atom. The molecule has 120 valence electrons. The molecule has 2 heterocycles. The minimum absolute atomic E-state index is 0.0738. The van der Waals surface area contributed by atoms with E-state index in [0.717, 1.165) is 5.56 Å². The van der Waals surface area contributed by atoms with Gasteiger partial charge in [0.2, 0.25) is 5.91 Å². The molecule has 0 saturated carbocycles. The second-order valence-electron chi connectivity index (χ2n) is 5.66. The van der Waals surface area contributed by atoms with Gasteiger partial charge >= 0.3 is 0 Å². The Labute approximate surface area is 137 Å². The first kappa shape index (κ1) is 15.7. The molecule has 1 aromatic carbocycles. The van der Waals surface area contributed by atoms with Crippen molar-refractivity contribution in [2.45, 2.75) is 13.0 Å². The third-order valence-electron chi connectivity index (χ3n) is 3.88. The highest BCUT2D eigenvalue weighted by molar-refractivity contribution is 7.12. The molecule has 6 heteroatoms. The highest BCUT2D eigenvalue weighted by atomic mass is 32.1. The highest BCUT2D eigenvalue weighted by Crippen LogP contribution is 2.20. The number of halogens is 1. The van der Waals surface area contributed by atoms with Crippen molar-refractivity contribution in [3.63, 3.8) is 0 Å². The second-order valence-corrected chi connectivity index (χ2v) is 6.61. The number of amides is 2. The molecule has 2 aromatic rings. The summed E-state index contributed by atoms with van der Waals surface area (Å²) in [4.78, 5) is 26.4. The molecule has 1 aliphatic heterocycles. The number of likely N-dealkylation sites (tertiary alicyclic amines) is 1. The fraction of sp³-hybridized carbons (Fsp3) is 0.294. The number of hydrogen-bond acceptors (Lipinski definition) is 3. The van der Waals surface area contributed by atoms with Crippen LogP contribution in [0, 0.1) is 11.7 Å². The van der Waals surface area contributed by atoms with Crippen LogP contribution < -0.4 is 5.32 Å². The normalized spacial score (nSPS) is 17.5. The first-order valence-electron chi connectivity index (χ1n) is 7.46. The molecule has 3 rings (SSSR count). The Balaban J connectivity index is 1.51. The molecule has 1 aromatic heterocycles. The Hall–Kier alpha value is -2.21. The molecular weight excluding hydrogens is 315 g/mol.